The largest absolute Gasteiger partial charge is 0.416 e. The smallest absolute Gasteiger partial charge is 0.324 e. The number of aromatic nitrogens is 3. The predicted molar refractivity (Wildman–Crippen MR) is 98.3 cm³/mol. The van der Waals surface area contributed by atoms with Crippen LogP contribution in [0, 0.1) is 0 Å². The highest BCUT2D eigenvalue weighted by Crippen LogP contribution is 2.31. The summed E-state index contributed by atoms with van der Waals surface area (Å²) in [6.45, 7) is 1.40. The van der Waals surface area contributed by atoms with Crippen LogP contribution in [0.2, 0.25) is 0 Å². The van der Waals surface area contributed by atoms with Gasteiger partial charge in [0.2, 0.25) is 0 Å². The fourth-order valence-electron chi connectivity index (χ4n) is 2.67. The lowest BCUT2D eigenvalue weighted by molar-refractivity contribution is -0.137. The molecule has 3 N–H and O–H groups in total. The molecule has 10 heteroatoms. The van der Waals surface area contributed by atoms with Gasteiger partial charge in [-0.25, -0.2) is 9.78 Å². The average molecular weight is 403 g/mol. The summed E-state index contributed by atoms with van der Waals surface area (Å²) in [6.07, 6.45) is -3.34. The predicted octanol–water partition coefficient (Wildman–Crippen LogP) is 3.94. The molecule has 0 aliphatic rings. The number of ketones is 1. The molecule has 29 heavy (non-hydrogen) atoms. The summed E-state index contributed by atoms with van der Waals surface area (Å²) in [5, 5.41) is 11.4. The second-order valence-corrected chi connectivity index (χ2v) is 6.16. The number of H-pyrrole nitrogens is 1. The summed E-state index contributed by atoms with van der Waals surface area (Å²) in [7, 11) is 0. The molecular formula is C19H16F3N5O2. The molecule has 1 aromatic heterocycles. The molecule has 0 saturated carbocycles. The summed E-state index contributed by atoms with van der Waals surface area (Å²) in [6, 6.07) is 9.16. The third-order valence-corrected chi connectivity index (χ3v) is 4.06. The number of aromatic amines is 1. The number of amides is 2. The highest BCUT2D eigenvalue weighted by Gasteiger charge is 2.31. The Morgan fingerprint density at radius 2 is 1.86 bits per heavy atom. The molecule has 0 aliphatic carbocycles. The van der Waals surface area contributed by atoms with Crippen LogP contribution in [0.15, 0.2) is 54.9 Å². The van der Waals surface area contributed by atoms with Crippen molar-refractivity contribution in [3.63, 3.8) is 0 Å². The Morgan fingerprint density at radius 3 is 2.52 bits per heavy atom. The minimum absolute atomic E-state index is 0.164. The molecule has 7 nitrogen and oxygen atoms in total. The summed E-state index contributed by atoms with van der Waals surface area (Å²) in [4.78, 5) is 27.9. The number of anilines is 1. The first-order valence-corrected chi connectivity index (χ1v) is 8.45. The number of nitrogens with one attached hydrogen (secondary N) is 3. The van der Waals surface area contributed by atoms with Gasteiger partial charge in [-0.15, -0.1) is 0 Å². The van der Waals surface area contributed by atoms with E-state index in [1.165, 1.54) is 31.5 Å². The standard InChI is InChI=1S/C19H16F3N5O2/c1-11(28)12-4-3-7-15(9-12)25-18(29)26-16(17-23-10-24-27-17)13-5-2-6-14(8-13)19(20,21)22/h2-10,16H,1H3,(H,23,24,27)(H2,25,26,29). The number of hydrogen-bond donors (Lipinski definition) is 3. The normalized spacial score (nSPS) is 12.3. The molecule has 0 spiro atoms. The van der Waals surface area contributed by atoms with Gasteiger partial charge in [-0.3, -0.25) is 9.89 Å². The Hall–Kier alpha value is -3.69. The maximum Gasteiger partial charge on any atom is 0.416 e. The van der Waals surface area contributed by atoms with E-state index in [4.69, 9.17) is 0 Å². The minimum Gasteiger partial charge on any atom is -0.324 e. The van der Waals surface area contributed by atoms with E-state index in [2.05, 4.69) is 25.8 Å². The van der Waals surface area contributed by atoms with E-state index < -0.39 is 23.8 Å². The Balaban J connectivity index is 1.85. The first kappa shape index (κ1) is 20.1. The Kier molecular flexibility index (Phi) is 5.62. The molecular weight excluding hydrogens is 387 g/mol. The van der Waals surface area contributed by atoms with Crippen LogP contribution >= 0.6 is 0 Å². The molecule has 0 saturated heterocycles. The van der Waals surface area contributed by atoms with E-state index in [9.17, 15) is 22.8 Å². The topological polar surface area (TPSA) is 99.8 Å². The second kappa shape index (κ2) is 8.13. The highest BCUT2D eigenvalue weighted by atomic mass is 19.4. The Bertz CT molecular complexity index is 1020. The van der Waals surface area contributed by atoms with Crippen LogP contribution in [0.1, 0.15) is 40.3 Å². The monoisotopic (exact) mass is 403 g/mol. The van der Waals surface area contributed by atoms with Crippen molar-refractivity contribution >= 4 is 17.5 Å². The zero-order valence-corrected chi connectivity index (χ0v) is 15.1. The van der Waals surface area contributed by atoms with Gasteiger partial charge in [0.15, 0.2) is 11.6 Å². The minimum atomic E-state index is -4.53. The van der Waals surface area contributed by atoms with Crippen LogP contribution in [-0.2, 0) is 6.18 Å². The molecule has 3 rings (SSSR count). The van der Waals surface area contributed by atoms with Crippen LogP contribution in [-0.4, -0.2) is 27.0 Å². The van der Waals surface area contributed by atoms with Crippen LogP contribution in [0.4, 0.5) is 23.7 Å². The molecule has 3 aromatic rings. The van der Waals surface area contributed by atoms with Gasteiger partial charge in [-0.2, -0.15) is 18.3 Å². The number of carbonyl (C=O) groups is 2. The number of benzene rings is 2. The zero-order valence-electron chi connectivity index (χ0n) is 15.1. The van der Waals surface area contributed by atoms with Crippen molar-refractivity contribution in [1.82, 2.24) is 20.5 Å². The third-order valence-electron chi connectivity index (χ3n) is 4.06. The quantitative estimate of drug-likeness (QED) is 0.562. The van der Waals surface area contributed by atoms with E-state index in [0.717, 1.165) is 12.1 Å². The summed E-state index contributed by atoms with van der Waals surface area (Å²) >= 11 is 0. The number of nitrogens with zero attached hydrogens (tertiary/aromatic N) is 2. The van der Waals surface area contributed by atoms with E-state index in [1.807, 2.05) is 0 Å². The first-order chi connectivity index (χ1) is 13.7. The zero-order chi connectivity index (χ0) is 21.0. The van der Waals surface area contributed by atoms with Gasteiger partial charge in [0, 0.05) is 11.3 Å². The molecule has 0 bridgehead atoms. The van der Waals surface area contributed by atoms with Crippen LogP contribution < -0.4 is 10.6 Å². The Morgan fingerprint density at radius 1 is 1.10 bits per heavy atom. The van der Waals surface area contributed by atoms with Gasteiger partial charge >= 0.3 is 12.2 Å². The van der Waals surface area contributed by atoms with Gasteiger partial charge in [-0.1, -0.05) is 24.3 Å². The lowest BCUT2D eigenvalue weighted by Crippen LogP contribution is -2.34. The lowest BCUT2D eigenvalue weighted by Gasteiger charge is -2.19. The third kappa shape index (κ3) is 4.98. The first-order valence-electron chi connectivity index (χ1n) is 8.45. The fraction of sp³-hybridized carbons (Fsp3) is 0.158. The molecule has 2 amide bonds. The fourth-order valence-corrected chi connectivity index (χ4v) is 2.67. The molecule has 0 aliphatic heterocycles. The summed E-state index contributed by atoms with van der Waals surface area (Å²) in [5.41, 5.74) is 0.0862. The van der Waals surface area contributed by atoms with Crippen molar-refractivity contribution in [2.24, 2.45) is 0 Å². The van der Waals surface area contributed by atoms with E-state index in [-0.39, 0.29) is 17.2 Å². The van der Waals surface area contributed by atoms with E-state index in [1.54, 1.807) is 18.2 Å². The average Bonchev–Trinajstić information content (AvgIpc) is 3.20. The maximum absolute atomic E-state index is 13.1. The molecule has 0 radical (unpaired) electrons. The molecule has 0 fully saturated rings. The van der Waals surface area contributed by atoms with Crippen molar-refractivity contribution in [1.29, 1.82) is 0 Å². The van der Waals surface area contributed by atoms with Crippen LogP contribution in [0.3, 0.4) is 0 Å². The number of urea groups is 1. The number of Topliss-reactive ketones (excluding diaryl/α,β-unsaturated/α-hetero) is 1. The maximum atomic E-state index is 13.1. The molecule has 150 valence electrons. The summed E-state index contributed by atoms with van der Waals surface area (Å²) in [5.74, 6) is -0.00507. The van der Waals surface area contributed by atoms with Gasteiger partial charge in [0.25, 0.3) is 0 Å². The number of halogens is 3. The number of carbonyl (C=O) groups excluding carboxylic acids is 2. The van der Waals surface area contributed by atoms with Crippen molar-refractivity contribution in [2.75, 3.05) is 5.32 Å². The highest BCUT2D eigenvalue weighted by molar-refractivity contribution is 5.96. The number of rotatable bonds is 5. The van der Waals surface area contributed by atoms with Gasteiger partial charge < -0.3 is 10.6 Å². The number of alkyl halides is 3. The molecule has 1 atom stereocenters. The van der Waals surface area contributed by atoms with Crippen LogP contribution in [0.25, 0.3) is 0 Å². The van der Waals surface area contributed by atoms with Crippen molar-refractivity contribution in [3.8, 4) is 0 Å². The van der Waals surface area contributed by atoms with E-state index >= 15 is 0 Å². The molecule has 2 aromatic carbocycles. The van der Waals surface area contributed by atoms with Gasteiger partial charge in [-0.05, 0) is 36.8 Å². The van der Waals surface area contributed by atoms with Crippen molar-refractivity contribution in [2.45, 2.75) is 19.1 Å². The van der Waals surface area contributed by atoms with Gasteiger partial charge in [0.1, 0.15) is 12.4 Å². The SMILES string of the molecule is CC(=O)c1cccc(NC(=O)NC(c2cccc(C(F)(F)F)c2)c2ncn[nH]2)c1. The van der Waals surface area contributed by atoms with E-state index in [0.29, 0.717) is 11.3 Å². The van der Waals surface area contributed by atoms with Crippen molar-refractivity contribution < 1.29 is 22.8 Å². The molecule has 1 heterocycles. The molecule has 1 unspecified atom stereocenters. The number of hydrogen-bond acceptors (Lipinski definition) is 4. The second-order valence-electron chi connectivity index (χ2n) is 6.16. The van der Waals surface area contributed by atoms with Crippen LogP contribution in [0.5, 0.6) is 0 Å². The summed E-state index contributed by atoms with van der Waals surface area (Å²) < 4.78 is 39.2. The lowest BCUT2D eigenvalue weighted by atomic mass is 10.0. The van der Waals surface area contributed by atoms with Crippen molar-refractivity contribution in [3.05, 3.63) is 77.4 Å². The Labute approximate surface area is 163 Å². The van der Waals surface area contributed by atoms with Gasteiger partial charge in [0.05, 0.1) is 5.56 Å².